The first-order valence-electron chi connectivity index (χ1n) is 7.41. The molecule has 1 N–H and O–H groups in total. The lowest BCUT2D eigenvalue weighted by Gasteiger charge is -2.12. The van der Waals surface area contributed by atoms with Gasteiger partial charge in [0.1, 0.15) is 6.61 Å². The van der Waals surface area contributed by atoms with Crippen LogP contribution in [0.3, 0.4) is 0 Å². The molecule has 130 valence electrons. The molecule has 0 unspecified atom stereocenters. The Balaban J connectivity index is 2.27. The number of rotatable bonds is 7. The van der Waals surface area contributed by atoms with Crippen molar-refractivity contribution in [2.45, 2.75) is 24.8 Å². The molecule has 0 fully saturated rings. The maximum atomic E-state index is 12.0. The maximum absolute atomic E-state index is 12.0. The van der Waals surface area contributed by atoms with Crippen molar-refractivity contribution in [1.82, 2.24) is 10.2 Å². The number of H-pyrrole nitrogens is 1. The van der Waals surface area contributed by atoms with Crippen molar-refractivity contribution < 1.29 is 17.9 Å². The number of sulfone groups is 1. The van der Waals surface area contributed by atoms with Crippen LogP contribution < -0.4 is 10.3 Å². The number of nitrogens with zero attached hydrogens (tertiary/aromatic N) is 1. The molecule has 0 saturated heterocycles. The molecule has 1 aromatic heterocycles. The van der Waals surface area contributed by atoms with Crippen molar-refractivity contribution in [3.63, 3.8) is 0 Å². The van der Waals surface area contributed by atoms with Crippen molar-refractivity contribution in [1.29, 1.82) is 0 Å². The molecular formula is C16H20N2O5S. The fraction of sp³-hybridized carbons (Fsp3) is 0.375. The Morgan fingerprint density at radius 1 is 1.17 bits per heavy atom. The summed E-state index contributed by atoms with van der Waals surface area (Å²) >= 11 is 0. The van der Waals surface area contributed by atoms with Gasteiger partial charge in [0.05, 0.1) is 23.8 Å². The van der Waals surface area contributed by atoms with E-state index >= 15 is 0 Å². The molecular weight excluding hydrogens is 332 g/mol. The lowest BCUT2D eigenvalue weighted by molar-refractivity contribution is 0.0550. The van der Waals surface area contributed by atoms with Crippen LogP contribution in [0.15, 0.2) is 40.2 Å². The molecule has 0 atom stereocenters. The van der Waals surface area contributed by atoms with Crippen LogP contribution in [-0.4, -0.2) is 44.2 Å². The van der Waals surface area contributed by atoms with Gasteiger partial charge in [0.25, 0.3) is 0 Å². The lowest BCUT2D eigenvalue weighted by atomic mass is 10.1. The summed E-state index contributed by atoms with van der Waals surface area (Å²) in [6.45, 7) is 4.40. The quantitative estimate of drug-likeness (QED) is 0.761. The fourth-order valence-corrected chi connectivity index (χ4v) is 2.68. The second kappa shape index (κ2) is 7.59. The van der Waals surface area contributed by atoms with Gasteiger partial charge >= 0.3 is 5.56 Å². The highest BCUT2D eigenvalue weighted by atomic mass is 32.2. The smallest absolute Gasteiger partial charge is 0.307 e. The van der Waals surface area contributed by atoms with E-state index in [4.69, 9.17) is 9.47 Å². The van der Waals surface area contributed by atoms with Crippen molar-refractivity contribution in [2.24, 2.45) is 0 Å². The Hall–Kier alpha value is -2.19. The van der Waals surface area contributed by atoms with Crippen LogP contribution in [0.2, 0.25) is 0 Å². The summed E-state index contributed by atoms with van der Waals surface area (Å²) < 4.78 is 34.0. The van der Waals surface area contributed by atoms with E-state index in [1.165, 1.54) is 18.3 Å². The van der Waals surface area contributed by atoms with Gasteiger partial charge in [-0.15, -0.1) is 0 Å². The Morgan fingerprint density at radius 3 is 2.42 bits per heavy atom. The molecule has 8 heteroatoms. The predicted molar refractivity (Wildman–Crippen MR) is 90.0 cm³/mol. The Kier molecular flexibility index (Phi) is 5.74. The van der Waals surface area contributed by atoms with Gasteiger partial charge < -0.3 is 9.47 Å². The van der Waals surface area contributed by atoms with E-state index in [1.54, 1.807) is 12.1 Å². The highest BCUT2D eigenvalue weighted by Gasteiger charge is 2.13. The Bertz CT molecular complexity index is 842. The van der Waals surface area contributed by atoms with Crippen molar-refractivity contribution in [2.75, 3.05) is 19.5 Å². The van der Waals surface area contributed by atoms with Gasteiger partial charge in [-0.2, -0.15) is 5.10 Å². The molecule has 1 aromatic carbocycles. The second-order valence-corrected chi connectivity index (χ2v) is 7.52. The zero-order valence-corrected chi connectivity index (χ0v) is 14.6. The lowest BCUT2D eigenvalue weighted by Crippen LogP contribution is -2.18. The van der Waals surface area contributed by atoms with Gasteiger partial charge in [0.2, 0.25) is 0 Å². The Morgan fingerprint density at radius 2 is 1.83 bits per heavy atom. The molecule has 1 heterocycles. The number of ether oxygens (including phenoxy) is 2. The summed E-state index contributed by atoms with van der Waals surface area (Å²) in [5, 5.41) is 6.11. The van der Waals surface area contributed by atoms with E-state index in [2.05, 4.69) is 10.2 Å². The minimum absolute atomic E-state index is 0.0762. The van der Waals surface area contributed by atoms with Crippen molar-refractivity contribution in [3.05, 3.63) is 40.8 Å². The first-order chi connectivity index (χ1) is 11.3. The van der Waals surface area contributed by atoms with Crippen LogP contribution in [0.5, 0.6) is 5.75 Å². The Labute approximate surface area is 140 Å². The van der Waals surface area contributed by atoms with Crippen LogP contribution in [0.25, 0.3) is 11.1 Å². The van der Waals surface area contributed by atoms with E-state index < -0.39 is 15.4 Å². The largest absolute Gasteiger partial charge is 0.485 e. The number of aromatic nitrogens is 2. The highest BCUT2D eigenvalue weighted by molar-refractivity contribution is 7.90. The zero-order valence-electron chi connectivity index (χ0n) is 13.8. The molecule has 0 aliphatic heterocycles. The van der Waals surface area contributed by atoms with Crippen molar-refractivity contribution in [3.8, 4) is 16.9 Å². The third-order valence-corrected chi connectivity index (χ3v) is 4.31. The monoisotopic (exact) mass is 352 g/mol. The van der Waals surface area contributed by atoms with Crippen LogP contribution >= 0.6 is 0 Å². The van der Waals surface area contributed by atoms with Crippen LogP contribution in [0.1, 0.15) is 13.8 Å². The summed E-state index contributed by atoms with van der Waals surface area (Å²) in [5.41, 5.74) is 0.674. The molecule has 0 radical (unpaired) electrons. The van der Waals surface area contributed by atoms with E-state index in [0.29, 0.717) is 17.7 Å². The fourth-order valence-electron chi connectivity index (χ4n) is 2.05. The third kappa shape index (κ3) is 4.65. The predicted octanol–water partition coefficient (Wildman–Crippen LogP) is 1.64. The normalized spacial score (nSPS) is 11.7. The van der Waals surface area contributed by atoms with Gasteiger partial charge in [0, 0.05) is 11.8 Å². The first kappa shape index (κ1) is 18.2. The molecule has 24 heavy (non-hydrogen) atoms. The SMILES string of the molecule is CC(C)OCCOc1c(-c2ccc(S(C)(=O)=O)cc2)cn[nH]c1=O. The summed E-state index contributed by atoms with van der Waals surface area (Å²) in [4.78, 5) is 12.2. The zero-order chi connectivity index (χ0) is 17.7. The minimum atomic E-state index is -3.28. The van der Waals surface area contributed by atoms with E-state index in [0.717, 1.165) is 6.26 Å². The molecule has 0 aliphatic carbocycles. The van der Waals surface area contributed by atoms with Gasteiger partial charge in [-0.3, -0.25) is 4.79 Å². The molecule has 0 spiro atoms. The molecule has 0 amide bonds. The maximum Gasteiger partial charge on any atom is 0.307 e. The average Bonchev–Trinajstić information content (AvgIpc) is 2.51. The van der Waals surface area contributed by atoms with E-state index in [-0.39, 0.29) is 23.4 Å². The number of nitrogens with one attached hydrogen (secondary N) is 1. The topological polar surface area (TPSA) is 98.3 Å². The van der Waals surface area contributed by atoms with Crippen LogP contribution in [-0.2, 0) is 14.6 Å². The van der Waals surface area contributed by atoms with Crippen molar-refractivity contribution >= 4 is 9.84 Å². The second-order valence-electron chi connectivity index (χ2n) is 5.51. The highest BCUT2D eigenvalue weighted by Crippen LogP contribution is 2.26. The van der Waals surface area contributed by atoms with Crippen LogP contribution in [0, 0.1) is 0 Å². The van der Waals surface area contributed by atoms with Gasteiger partial charge in [-0.1, -0.05) is 12.1 Å². The van der Waals surface area contributed by atoms with Crippen LogP contribution in [0.4, 0.5) is 0 Å². The van der Waals surface area contributed by atoms with E-state index in [1.807, 2.05) is 13.8 Å². The van der Waals surface area contributed by atoms with Gasteiger partial charge in [-0.05, 0) is 31.5 Å². The minimum Gasteiger partial charge on any atom is -0.485 e. The first-order valence-corrected chi connectivity index (χ1v) is 9.30. The summed E-state index contributed by atoms with van der Waals surface area (Å²) in [5.74, 6) is 0.129. The summed E-state index contributed by atoms with van der Waals surface area (Å²) in [6, 6.07) is 6.20. The molecule has 0 bridgehead atoms. The third-order valence-electron chi connectivity index (χ3n) is 3.18. The molecule has 2 rings (SSSR count). The number of aromatic amines is 1. The average molecular weight is 352 g/mol. The molecule has 0 aliphatic rings. The summed E-state index contributed by atoms with van der Waals surface area (Å²) in [6.07, 6.45) is 2.68. The molecule has 7 nitrogen and oxygen atoms in total. The number of hydrogen-bond acceptors (Lipinski definition) is 6. The summed E-state index contributed by atoms with van der Waals surface area (Å²) in [7, 11) is -3.28. The van der Waals surface area contributed by atoms with Gasteiger partial charge in [-0.25, -0.2) is 13.5 Å². The number of hydrogen-bond donors (Lipinski definition) is 1. The molecule has 0 saturated carbocycles. The standard InChI is InChI=1S/C16H20N2O5S/c1-11(2)22-8-9-23-15-14(10-17-18-16(15)19)12-4-6-13(7-5-12)24(3,20)21/h4-7,10-11H,8-9H2,1-3H3,(H,18,19). The van der Waals surface area contributed by atoms with Gasteiger partial charge in [0.15, 0.2) is 15.6 Å². The molecule has 2 aromatic rings. The van der Waals surface area contributed by atoms with E-state index in [9.17, 15) is 13.2 Å². The number of benzene rings is 1.